The SMILES string of the molecule is Cc1ccccc1C(=O)[NH][Ti+2]([CH]1c2ccccc2-c2ccccc21)[SiH](C)C.[Cl-].[Cl-]. The molecule has 0 aromatic heterocycles. The van der Waals surface area contributed by atoms with Crippen molar-refractivity contribution in [3.05, 3.63) is 95.1 Å². The van der Waals surface area contributed by atoms with Gasteiger partial charge in [0.2, 0.25) is 0 Å². The predicted molar refractivity (Wildman–Crippen MR) is 111 cm³/mol. The van der Waals surface area contributed by atoms with Crippen LogP contribution < -0.4 is 28.6 Å². The zero-order valence-corrected chi connectivity index (χ0v) is 21.0. The van der Waals surface area contributed by atoms with Gasteiger partial charge in [0.15, 0.2) is 0 Å². The van der Waals surface area contributed by atoms with E-state index >= 15 is 0 Å². The Morgan fingerprint density at radius 1 is 0.828 bits per heavy atom. The Morgan fingerprint density at radius 2 is 1.31 bits per heavy atom. The molecule has 0 atom stereocenters. The fourth-order valence-corrected chi connectivity index (χ4v) is 14.2. The molecule has 0 heterocycles. The molecular weight excluding hydrogens is 453 g/mol. The number of carbonyl (C=O) groups excluding carboxylic acids is 1. The van der Waals surface area contributed by atoms with Gasteiger partial charge in [-0.05, 0) is 0 Å². The standard InChI is InChI=1S/C13H9.C8H9NO.C2H7Si.2ClH.Ti/c1-3-7-12-10(5-1)9-11-6-2-4-8-13(11)12;1-6-4-2-3-5-7(6)8(9)10;1-3-2;;;/h1-9H;2-5H,1H3,(H2,9,10);3H,1-2H3;2*1H;/q;;;;;+3/p-3. The van der Waals surface area contributed by atoms with E-state index in [9.17, 15) is 4.79 Å². The minimum atomic E-state index is -1.88. The second-order valence-electron chi connectivity index (χ2n) is 7.49. The monoisotopic (exact) mass is 476 g/mol. The molecule has 0 bridgehead atoms. The smallest absolute Gasteiger partial charge is 1.00 e. The molecule has 3 aromatic rings. The van der Waals surface area contributed by atoms with E-state index in [2.05, 4.69) is 65.4 Å². The van der Waals surface area contributed by atoms with Crippen molar-refractivity contribution in [1.29, 1.82) is 0 Å². The number of amides is 1. The number of fused-ring (bicyclic) bond motifs is 3. The van der Waals surface area contributed by atoms with Gasteiger partial charge in [-0.15, -0.1) is 0 Å². The number of halogens is 2. The Labute approximate surface area is 192 Å². The third-order valence-corrected chi connectivity index (χ3v) is 17.2. The molecule has 0 saturated heterocycles. The first-order valence-corrected chi connectivity index (χ1v) is 16.8. The summed E-state index contributed by atoms with van der Waals surface area (Å²) in [4.78, 5) is 13.1. The first-order valence-electron chi connectivity index (χ1n) is 9.50. The van der Waals surface area contributed by atoms with Crippen LogP contribution in [-0.2, 0) is 17.4 Å². The second kappa shape index (κ2) is 10.1. The number of aryl methyl sites for hydroxylation is 1. The quantitative estimate of drug-likeness (QED) is 0.482. The molecule has 0 aliphatic heterocycles. The van der Waals surface area contributed by atoms with Gasteiger partial charge in [-0.3, -0.25) is 0 Å². The van der Waals surface area contributed by atoms with E-state index in [0.29, 0.717) is 4.22 Å². The average Bonchev–Trinajstić information content (AvgIpc) is 3.00. The average molecular weight is 477 g/mol. The van der Waals surface area contributed by atoms with E-state index in [4.69, 9.17) is 0 Å². The molecule has 29 heavy (non-hydrogen) atoms. The summed E-state index contributed by atoms with van der Waals surface area (Å²) in [6.45, 7) is 5.80. The van der Waals surface area contributed by atoms with E-state index < -0.39 is 24.0 Å². The van der Waals surface area contributed by atoms with E-state index in [1.807, 2.05) is 31.2 Å². The summed E-state index contributed by atoms with van der Waals surface area (Å²) in [5.74, 6) is 0.117. The Morgan fingerprint density at radius 3 is 1.83 bits per heavy atom. The molecule has 4 rings (SSSR count). The van der Waals surface area contributed by atoms with E-state index in [1.54, 1.807) is 0 Å². The number of nitrogens with one attached hydrogen (secondary N) is 1. The van der Waals surface area contributed by atoms with Crippen molar-refractivity contribution >= 4 is 12.6 Å². The molecule has 1 amide bonds. The number of hydrogen-bond donors (Lipinski definition) is 1. The molecular formula is C23H24Cl2NOSiTi. The van der Waals surface area contributed by atoms with Crippen molar-refractivity contribution < 1.29 is 47.0 Å². The maximum Gasteiger partial charge on any atom is -1.00 e. The van der Waals surface area contributed by atoms with Gasteiger partial charge in [-0.2, -0.15) is 0 Å². The summed E-state index contributed by atoms with van der Waals surface area (Å²) in [6.07, 6.45) is 0. The van der Waals surface area contributed by atoms with Gasteiger partial charge in [-0.1, -0.05) is 0 Å². The van der Waals surface area contributed by atoms with E-state index in [1.165, 1.54) is 22.3 Å². The van der Waals surface area contributed by atoms with Crippen LogP contribution >= 0.6 is 0 Å². The van der Waals surface area contributed by atoms with Crippen LogP contribution in [0.15, 0.2) is 72.8 Å². The molecule has 1 aliphatic carbocycles. The van der Waals surface area contributed by atoms with Gasteiger partial charge in [0.25, 0.3) is 0 Å². The van der Waals surface area contributed by atoms with Crippen LogP contribution in [0.25, 0.3) is 11.1 Å². The summed E-state index contributed by atoms with van der Waals surface area (Å²) in [5, 5.41) is 0. The van der Waals surface area contributed by atoms with Gasteiger partial charge >= 0.3 is 169 Å². The van der Waals surface area contributed by atoms with Crippen LogP contribution in [0.3, 0.4) is 0 Å². The number of benzene rings is 3. The molecule has 3 aromatic carbocycles. The Kier molecular flexibility index (Phi) is 8.33. The first-order chi connectivity index (χ1) is 13.1. The van der Waals surface area contributed by atoms with Gasteiger partial charge in [0.05, 0.1) is 0 Å². The van der Waals surface area contributed by atoms with Crippen LogP contribution in [0.4, 0.5) is 0 Å². The van der Waals surface area contributed by atoms with E-state index in [0.717, 1.165) is 11.1 Å². The number of rotatable bonds is 4. The van der Waals surface area contributed by atoms with Crippen molar-refractivity contribution in [1.82, 2.24) is 3.80 Å². The molecule has 1 N–H and O–H groups in total. The van der Waals surface area contributed by atoms with Gasteiger partial charge in [-0.25, -0.2) is 0 Å². The van der Waals surface area contributed by atoms with Crippen molar-refractivity contribution in [3.63, 3.8) is 0 Å². The molecule has 0 unspecified atom stereocenters. The first kappa shape index (κ1) is 23.9. The summed E-state index contributed by atoms with van der Waals surface area (Å²) < 4.78 is 3.99. The number of hydrogen-bond acceptors (Lipinski definition) is 1. The largest absolute Gasteiger partial charge is 1.00 e. The van der Waals surface area contributed by atoms with Crippen LogP contribution in [0.5, 0.6) is 0 Å². The third kappa shape index (κ3) is 4.55. The summed E-state index contributed by atoms with van der Waals surface area (Å²) in [7, 11) is 0. The Hall–Kier alpha value is -1.36. The van der Waals surface area contributed by atoms with Crippen molar-refractivity contribution in [2.24, 2.45) is 0 Å². The number of carbonyl (C=O) groups is 1. The molecule has 1 aliphatic rings. The van der Waals surface area contributed by atoms with Gasteiger partial charge < -0.3 is 24.8 Å². The zero-order valence-electron chi connectivity index (χ0n) is 16.7. The summed E-state index contributed by atoms with van der Waals surface area (Å²) in [6, 6.07) is 25.4. The van der Waals surface area contributed by atoms with Gasteiger partial charge in [0.1, 0.15) is 0 Å². The molecule has 2 nitrogen and oxygen atoms in total. The Bertz CT molecular complexity index is 966. The van der Waals surface area contributed by atoms with Crippen molar-refractivity contribution in [2.45, 2.75) is 24.2 Å². The maximum atomic E-state index is 13.1. The van der Waals surface area contributed by atoms with Crippen LogP contribution in [0.2, 0.25) is 13.1 Å². The minimum Gasteiger partial charge on any atom is -1.00 e. The molecule has 0 radical (unpaired) electrons. The van der Waals surface area contributed by atoms with Crippen molar-refractivity contribution in [3.8, 4) is 11.1 Å². The van der Waals surface area contributed by atoms with E-state index in [-0.39, 0.29) is 30.7 Å². The third-order valence-electron chi connectivity index (χ3n) is 5.41. The van der Waals surface area contributed by atoms with Crippen LogP contribution in [0.1, 0.15) is 31.3 Å². The predicted octanol–water partition coefficient (Wildman–Crippen LogP) is -0.981. The van der Waals surface area contributed by atoms with Crippen molar-refractivity contribution in [2.75, 3.05) is 0 Å². The molecule has 149 valence electrons. The second-order valence-corrected chi connectivity index (χ2v) is 20.5. The fraction of sp³-hybridized carbons (Fsp3) is 0.174. The summed E-state index contributed by atoms with van der Waals surface area (Å²) in [5.41, 5.74) is 7.40. The Balaban J connectivity index is 0.00000150. The van der Waals surface area contributed by atoms with Gasteiger partial charge in [0, 0.05) is 0 Å². The minimum absolute atomic E-state index is 0. The zero-order chi connectivity index (χ0) is 19.0. The maximum absolute atomic E-state index is 13.1. The summed E-state index contributed by atoms with van der Waals surface area (Å²) >= 11 is -1.88. The molecule has 0 spiro atoms. The molecule has 0 saturated carbocycles. The normalized spacial score (nSPS) is 11.7. The fourth-order valence-electron chi connectivity index (χ4n) is 4.07. The topological polar surface area (TPSA) is 29.1 Å². The van der Waals surface area contributed by atoms with Crippen LogP contribution in [-0.4, -0.2) is 12.6 Å². The molecule has 6 heteroatoms. The van der Waals surface area contributed by atoms with Crippen LogP contribution in [0, 0.1) is 6.92 Å². The molecule has 0 fully saturated rings.